The summed E-state index contributed by atoms with van der Waals surface area (Å²) in [6.45, 7) is 11.8. The lowest BCUT2D eigenvalue weighted by atomic mass is 10.1. The Balaban J connectivity index is 2.67. The maximum Gasteiger partial charge on any atom is 0.327 e. The monoisotopic (exact) mass is 226 g/mol. The summed E-state index contributed by atoms with van der Waals surface area (Å²) in [5, 5.41) is 3.32. The van der Waals surface area contributed by atoms with Crippen LogP contribution in [-0.2, 0) is 9.53 Å². The zero-order chi connectivity index (χ0) is 12.0. The highest BCUT2D eigenvalue weighted by molar-refractivity contribution is 5.79. The Morgan fingerprint density at radius 2 is 2.25 bits per heavy atom. The summed E-state index contributed by atoms with van der Waals surface area (Å²) >= 11 is 0. The van der Waals surface area contributed by atoms with Gasteiger partial charge in [0, 0.05) is 19.6 Å². The highest BCUT2D eigenvalue weighted by Crippen LogP contribution is 2.12. The van der Waals surface area contributed by atoms with Crippen molar-refractivity contribution in [1.29, 1.82) is 0 Å². The summed E-state index contributed by atoms with van der Waals surface area (Å²) < 4.78 is 5.10. The Labute approximate surface area is 97.6 Å². The van der Waals surface area contributed by atoms with E-state index in [1.165, 1.54) is 0 Å². The fourth-order valence-electron chi connectivity index (χ4n) is 2.01. The number of esters is 1. The van der Waals surface area contributed by atoms with E-state index < -0.39 is 0 Å². The molecule has 1 saturated heterocycles. The van der Waals surface area contributed by atoms with Crippen LogP contribution in [-0.4, -0.2) is 49.7 Å². The minimum Gasteiger partial charge on any atom is -0.465 e. The number of carbonyl (C=O) groups is 1. The number of hydrogen-bond donors (Lipinski definition) is 1. The molecule has 4 nitrogen and oxygen atoms in total. The molecule has 1 aliphatic rings. The maximum atomic E-state index is 11.9. The van der Waals surface area contributed by atoms with Gasteiger partial charge in [-0.1, -0.05) is 12.2 Å². The van der Waals surface area contributed by atoms with Gasteiger partial charge in [0.05, 0.1) is 6.61 Å². The normalized spacial score (nSPS) is 19.9. The van der Waals surface area contributed by atoms with Gasteiger partial charge in [0.25, 0.3) is 0 Å². The van der Waals surface area contributed by atoms with E-state index in [1.54, 1.807) is 0 Å². The molecule has 92 valence electrons. The van der Waals surface area contributed by atoms with Gasteiger partial charge in [0.2, 0.25) is 0 Å². The predicted molar refractivity (Wildman–Crippen MR) is 64.3 cm³/mol. The van der Waals surface area contributed by atoms with Crippen molar-refractivity contribution < 1.29 is 9.53 Å². The van der Waals surface area contributed by atoms with Crippen molar-refractivity contribution in [2.75, 3.05) is 32.8 Å². The molecule has 0 radical (unpaired) electrons. The molecule has 0 aromatic carbocycles. The van der Waals surface area contributed by atoms with E-state index in [-0.39, 0.29) is 12.0 Å². The van der Waals surface area contributed by atoms with Crippen molar-refractivity contribution in [1.82, 2.24) is 10.2 Å². The lowest BCUT2D eigenvalue weighted by Crippen LogP contribution is -2.44. The third-order valence-corrected chi connectivity index (χ3v) is 2.72. The Morgan fingerprint density at radius 1 is 1.50 bits per heavy atom. The number of ether oxygens (including phenoxy) is 1. The predicted octanol–water partition coefficient (Wildman–Crippen LogP) is 0.790. The van der Waals surface area contributed by atoms with Gasteiger partial charge in [0.1, 0.15) is 6.04 Å². The number of nitrogens with one attached hydrogen (secondary N) is 1. The quantitative estimate of drug-likeness (QED) is 0.568. The second-order valence-electron chi connectivity index (χ2n) is 4.14. The minimum absolute atomic E-state index is 0.170. The average Bonchev–Trinajstić information content (AvgIpc) is 2.46. The van der Waals surface area contributed by atoms with Crippen molar-refractivity contribution in [3.05, 3.63) is 12.2 Å². The first-order chi connectivity index (χ1) is 7.66. The molecular weight excluding hydrogens is 204 g/mol. The molecule has 0 spiro atoms. The van der Waals surface area contributed by atoms with Crippen LogP contribution in [0, 0.1) is 0 Å². The van der Waals surface area contributed by atoms with Crippen molar-refractivity contribution in [2.45, 2.75) is 26.3 Å². The van der Waals surface area contributed by atoms with E-state index in [1.807, 2.05) is 13.8 Å². The molecule has 0 aromatic heterocycles. The Bertz CT molecular complexity index is 245. The van der Waals surface area contributed by atoms with Gasteiger partial charge >= 0.3 is 5.97 Å². The van der Waals surface area contributed by atoms with E-state index in [9.17, 15) is 4.79 Å². The zero-order valence-corrected chi connectivity index (χ0v) is 10.3. The lowest BCUT2D eigenvalue weighted by molar-refractivity contribution is -0.147. The molecule has 1 aliphatic heterocycles. The summed E-state index contributed by atoms with van der Waals surface area (Å²) in [4.78, 5) is 14.0. The lowest BCUT2D eigenvalue weighted by Gasteiger charge is -2.28. The topological polar surface area (TPSA) is 41.6 Å². The molecule has 1 unspecified atom stereocenters. The molecule has 0 aliphatic carbocycles. The molecule has 1 atom stereocenters. The number of nitrogens with zero attached hydrogens (tertiary/aromatic N) is 1. The SMILES string of the molecule is C=C(C)C(C(=O)OCC)N1CCCNCC1. The molecule has 16 heavy (non-hydrogen) atoms. The Morgan fingerprint density at radius 3 is 2.88 bits per heavy atom. The number of hydrogen-bond acceptors (Lipinski definition) is 4. The highest BCUT2D eigenvalue weighted by Gasteiger charge is 2.27. The molecule has 0 aromatic rings. The van der Waals surface area contributed by atoms with Crippen molar-refractivity contribution in [3.8, 4) is 0 Å². The standard InChI is InChI=1S/C12H22N2O2/c1-4-16-12(15)11(10(2)3)14-8-5-6-13-7-9-14/h11,13H,2,4-9H2,1,3H3. The van der Waals surface area contributed by atoms with E-state index in [4.69, 9.17) is 4.74 Å². The van der Waals surface area contributed by atoms with Crippen LogP contribution < -0.4 is 5.32 Å². The largest absolute Gasteiger partial charge is 0.465 e. The fourth-order valence-corrected chi connectivity index (χ4v) is 2.01. The molecule has 0 amide bonds. The third-order valence-electron chi connectivity index (χ3n) is 2.72. The van der Waals surface area contributed by atoms with Gasteiger partial charge in [-0.15, -0.1) is 0 Å². The van der Waals surface area contributed by atoms with Gasteiger partial charge in [-0.3, -0.25) is 4.90 Å². The van der Waals surface area contributed by atoms with Crippen molar-refractivity contribution in [2.24, 2.45) is 0 Å². The van der Waals surface area contributed by atoms with E-state index in [0.717, 1.165) is 38.2 Å². The number of rotatable bonds is 4. The second-order valence-corrected chi connectivity index (χ2v) is 4.14. The van der Waals surface area contributed by atoms with Crippen LogP contribution in [0.3, 0.4) is 0 Å². The summed E-state index contributed by atoms with van der Waals surface area (Å²) in [6.07, 6.45) is 1.06. The highest BCUT2D eigenvalue weighted by atomic mass is 16.5. The van der Waals surface area contributed by atoms with Gasteiger partial charge in [-0.25, -0.2) is 4.79 Å². The second kappa shape index (κ2) is 6.66. The molecular formula is C12H22N2O2. The smallest absolute Gasteiger partial charge is 0.327 e. The van der Waals surface area contributed by atoms with E-state index >= 15 is 0 Å². The summed E-state index contributed by atoms with van der Waals surface area (Å²) in [5.41, 5.74) is 0.861. The average molecular weight is 226 g/mol. The zero-order valence-electron chi connectivity index (χ0n) is 10.3. The van der Waals surface area contributed by atoms with Gasteiger partial charge < -0.3 is 10.1 Å². The first-order valence-corrected chi connectivity index (χ1v) is 5.93. The fraction of sp³-hybridized carbons (Fsp3) is 0.750. The Kier molecular flexibility index (Phi) is 5.49. The van der Waals surface area contributed by atoms with Crippen LogP contribution in [0.1, 0.15) is 20.3 Å². The molecule has 0 saturated carbocycles. The summed E-state index contributed by atoms with van der Waals surface area (Å²) in [5.74, 6) is -0.170. The van der Waals surface area contributed by atoms with Gasteiger partial charge in [0.15, 0.2) is 0 Å². The first kappa shape index (κ1) is 13.2. The van der Waals surface area contributed by atoms with Crippen LogP contribution in [0.15, 0.2) is 12.2 Å². The van der Waals surface area contributed by atoms with Gasteiger partial charge in [-0.05, 0) is 26.8 Å². The van der Waals surface area contributed by atoms with Crippen molar-refractivity contribution in [3.63, 3.8) is 0 Å². The van der Waals surface area contributed by atoms with Crippen LogP contribution in [0.25, 0.3) is 0 Å². The van der Waals surface area contributed by atoms with E-state index in [0.29, 0.717) is 6.61 Å². The first-order valence-electron chi connectivity index (χ1n) is 5.93. The molecule has 1 N–H and O–H groups in total. The number of carbonyl (C=O) groups excluding carboxylic acids is 1. The summed E-state index contributed by atoms with van der Waals surface area (Å²) in [6, 6.07) is -0.278. The third kappa shape index (κ3) is 3.61. The van der Waals surface area contributed by atoms with Crippen LogP contribution in [0.4, 0.5) is 0 Å². The summed E-state index contributed by atoms with van der Waals surface area (Å²) in [7, 11) is 0. The molecule has 1 rings (SSSR count). The molecule has 1 fully saturated rings. The van der Waals surface area contributed by atoms with Crippen LogP contribution in [0.5, 0.6) is 0 Å². The van der Waals surface area contributed by atoms with Crippen LogP contribution in [0.2, 0.25) is 0 Å². The molecule has 1 heterocycles. The van der Waals surface area contributed by atoms with Crippen LogP contribution >= 0.6 is 0 Å². The Hall–Kier alpha value is -0.870. The van der Waals surface area contributed by atoms with Gasteiger partial charge in [-0.2, -0.15) is 0 Å². The maximum absolute atomic E-state index is 11.9. The molecule has 0 bridgehead atoms. The van der Waals surface area contributed by atoms with Crippen molar-refractivity contribution >= 4 is 5.97 Å². The van der Waals surface area contributed by atoms with E-state index in [2.05, 4.69) is 16.8 Å². The minimum atomic E-state index is -0.278. The molecule has 4 heteroatoms.